The second-order valence-corrected chi connectivity index (χ2v) is 11.3. The Morgan fingerprint density at radius 3 is 2.63 bits per heavy atom. The Hall–Kier alpha value is -4.18. The molecule has 10 nitrogen and oxygen atoms in total. The Balaban J connectivity index is 1.31. The first kappa shape index (κ1) is 28.4. The number of rotatable bonds is 10. The number of hydrogen-bond acceptors (Lipinski definition) is 7. The van der Waals surface area contributed by atoms with E-state index in [9.17, 15) is 27.9 Å². The Labute approximate surface area is 233 Å². The summed E-state index contributed by atoms with van der Waals surface area (Å²) in [6.45, 7) is 2.52. The summed E-state index contributed by atoms with van der Waals surface area (Å²) in [5.41, 5.74) is 1.20. The topological polar surface area (TPSA) is 144 Å². The lowest BCUT2D eigenvalue weighted by atomic mass is 9.80. The summed E-state index contributed by atoms with van der Waals surface area (Å²) in [4.78, 5) is 29.4. The highest BCUT2D eigenvalue weighted by Crippen LogP contribution is 2.48. The smallest absolute Gasteiger partial charge is 0.260 e. The number of nitriles is 1. The largest absolute Gasteiger partial charge is 0.387 e. The summed E-state index contributed by atoms with van der Waals surface area (Å²) >= 11 is 0. The highest BCUT2D eigenvalue weighted by Gasteiger charge is 2.61. The number of halogens is 3. The van der Waals surface area contributed by atoms with Gasteiger partial charge < -0.3 is 21.1 Å². The van der Waals surface area contributed by atoms with Crippen molar-refractivity contribution in [3.05, 3.63) is 47.8 Å². The highest BCUT2D eigenvalue weighted by atomic mass is 19.3. The number of hydrogen-bond donors (Lipinski definition) is 4. The summed E-state index contributed by atoms with van der Waals surface area (Å²) in [5, 5.41) is 31.8. The molecule has 1 unspecified atom stereocenters. The van der Waals surface area contributed by atoms with Crippen molar-refractivity contribution in [2.24, 2.45) is 11.8 Å². The van der Waals surface area contributed by atoms with Crippen molar-refractivity contribution >= 4 is 23.0 Å². The van der Waals surface area contributed by atoms with Gasteiger partial charge in [0.25, 0.3) is 11.8 Å². The van der Waals surface area contributed by atoms with E-state index in [0.29, 0.717) is 47.5 Å². The summed E-state index contributed by atoms with van der Waals surface area (Å²) in [6, 6.07) is 8.93. The minimum atomic E-state index is -2.90. The fourth-order valence-corrected chi connectivity index (χ4v) is 4.78. The molecule has 3 heterocycles. The second-order valence-electron chi connectivity index (χ2n) is 11.3. The van der Waals surface area contributed by atoms with Gasteiger partial charge in [-0.2, -0.15) is 10.4 Å². The molecular formula is C28H30F3N7O3. The van der Waals surface area contributed by atoms with Crippen molar-refractivity contribution in [2.45, 2.75) is 56.8 Å². The average molecular weight is 570 g/mol. The van der Waals surface area contributed by atoms with E-state index in [-0.39, 0.29) is 17.5 Å². The maximum Gasteiger partial charge on any atom is 0.260 e. The predicted octanol–water partition coefficient (Wildman–Crippen LogP) is 3.07. The Morgan fingerprint density at radius 2 is 1.98 bits per heavy atom. The van der Waals surface area contributed by atoms with Gasteiger partial charge >= 0.3 is 0 Å². The maximum absolute atomic E-state index is 14.3. The number of nitrogens with one attached hydrogen (secondary N) is 3. The molecule has 5 rings (SSSR count). The molecule has 0 saturated heterocycles. The van der Waals surface area contributed by atoms with Gasteiger partial charge in [-0.25, -0.2) is 17.7 Å². The summed E-state index contributed by atoms with van der Waals surface area (Å²) < 4.78 is 42.2. The lowest BCUT2D eigenvalue weighted by Gasteiger charge is -2.37. The van der Waals surface area contributed by atoms with E-state index >= 15 is 0 Å². The van der Waals surface area contributed by atoms with Gasteiger partial charge in [0.05, 0.1) is 52.1 Å². The quantitative estimate of drug-likeness (QED) is 0.294. The number of aromatic nitrogens is 3. The number of aliphatic hydroxyl groups is 1. The third-order valence-electron chi connectivity index (χ3n) is 7.55. The minimum absolute atomic E-state index is 0.0632. The first-order valence-electron chi connectivity index (χ1n) is 13.3. The highest BCUT2D eigenvalue weighted by molar-refractivity contribution is 6.00. The normalized spacial score (nSPS) is 21.8. The van der Waals surface area contributed by atoms with Crippen LogP contribution in [0.5, 0.6) is 0 Å². The van der Waals surface area contributed by atoms with Crippen LogP contribution in [0.1, 0.15) is 49.0 Å². The Bertz CT molecular complexity index is 1520. The van der Waals surface area contributed by atoms with Gasteiger partial charge in [-0.3, -0.25) is 14.6 Å². The molecular weight excluding hydrogens is 539 g/mol. The molecule has 13 heteroatoms. The fraction of sp³-hybridized carbons (Fsp3) is 0.464. The molecule has 3 aromatic rings. The zero-order chi connectivity index (χ0) is 29.5. The standard InChI is InChI=1S/C28H30F3N7O3/c1-27(2,41)24(29)14-35-25(39)19-13-33-22(23-4-3-18-7-16(10-32)12-36-38(18)23)8-21(19)37-17-5-15(6-17)11-34-26(40)20-9-28(20,30)31/h3-4,7-8,12-13,15,17,20,24,41H,5-6,9,11,14H2,1-2H3,(H,33,37)(H,34,40)(H,35,39)/t15-,17-,20?,24-/m1/s1. The molecule has 2 aliphatic rings. The second kappa shape index (κ2) is 10.7. The number of carbonyl (C=O) groups excluding carboxylic acids is 2. The predicted molar refractivity (Wildman–Crippen MR) is 143 cm³/mol. The van der Waals surface area contributed by atoms with Crippen LogP contribution < -0.4 is 16.0 Å². The van der Waals surface area contributed by atoms with E-state index in [1.165, 1.54) is 26.2 Å². The maximum atomic E-state index is 14.3. The molecule has 2 amide bonds. The SMILES string of the molecule is CC(C)(O)[C@H](F)CNC(=O)c1cnc(-c2ccc3cc(C#N)cnn23)cc1N[C@H]1C[C@H](CNC(=O)C2CC2(F)F)C1. The first-order valence-corrected chi connectivity index (χ1v) is 13.3. The van der Waals surface area contributed by atoms with E-state index < -0.39 is 48.4 Å². The monoisotopic (exact) mass is 569 g/mol. The molecule has 2 fully saturated rings. The van der Waals surface area contributed by atoms with Crippen molar-refractivity contribution in [3.8, 4) is 17.5 Å². The van der Waals surface area contributed by atoms with Crippen LogP contribution in [0.25, 0.3) is 16.9 Å². The number of anilines is 1. The molecule has 2 saturated carbocycles. The van der Waals surface area contributed by atoms with Gasteiger partial charge in [0.1, 0.15) is 18.2 Å². The van der Waals surface area contributed by atoms with Gasteiger partial charge in [-0.15, -0.1) is 0 Å². The van der Waals surface area contributed by atoms with Crippen molar-refractivity contribution in [1.82, 2.24) is 25.2 Å². The molecule has 41 heavy (non-hydrogen) atoms. The number of fused-ring (bicyclic) bond motifs is 1. The van der Waals surface area contributed by atoms with E-state index in [2.05, 4.69) is 26.0 Å². The lowest BCUT2D eigenvalue weighted by Crippen LogP contribution is -2.43. The lowest BCUT2D eigenvalue weighted by molar-refractivity contribution is -0.124. The zero-order valence-corrected chi connectivity index (χ0v) is 22.5. The van der Waals surface area contributed by atoms with Crippen LogP contribution in [-0.4, -0.2) is 68.3 Å². The molecule has 0 aromatic carbocycles. The molecule has 2 aliphatic carbocycles. The zero-order valence-electron chi connectivity index (χ0n) is 22.5. The van der Waals surface area contributed by atoms with E-state index in [1.54, 1.807) is 28.8 Å². The van der Waals surface area contributed by atoms with Gasteiger partial charge in [0.2, 0.25) is 5.91 Å². The number of alkyl halides is 3. The Morgan fingerprint density at radius 1 is 1.24 bits per heavy atom. The van der Waals surface area contributed by atoms with Gasteiger partial charge in [0, 0.05) is 25.2 Å². The number of pyridine rings is 1. The number of carbonyl (C=O) groups is 2. The molecule has 216 valence electrons. The molecule has 0 bridgehead atoms. The molecule has 0 radical (unpaired) electrons. The van der Waals surface area contributed by atoms with Crippen LogP contribution >= 0.6 is 0 Å². The molecule has 3 aromatic heterocycles. The Kier molecular flexibility index (Phi) is 7.37. The molecule has 0 spiro atoms. The van der Waals surface area contributed by atoms with Gasteiger partial charge in [-0.05, 0) is 56.9 Å². The van der Waals surface area contributed by atoms with Crippen LogP contribution in [0.3, 0.4) is 0 Å². The van der Waals surface area contributed by atoms with Crippen LogP contribution in [0.15, 0.2) is 36.7 Å². The molecule has 4 N–H and O–H groups in total. The van der Waals surface area contributed by atoms with E-state index in [4.69, 9.17) is 5.26 Å². The van der Waals surface area contributed by atoms with E-state index in [0.717, 1.165) is 0 Å². The average Bonchev–Trinajstić information content (AvgIpc) is 3.35. The number of amides is 2. The molecule has 2 atom stereocenters. The third-order valence-corrected chi connectivity index (χ3v) is 7.55. The van der Waals surface area contributed by atoms with Crippen molar-refractivity contribution in [2.75, 3.05) is 18.4 Å². The van der Waals surface area contributed by atoms with Crippen LogP contribution in [0.2, 0.25) is 0 Å². The van der Waals surface area contributed by atoms with Crippen LogP contribution in [-0.2, 0) is 4.79 Å². The van der Waals surface area contributed by atoms with Crippen molar-refractivity contribution in [1.29, 1.82) is 5.26 Å². The van der Waals surface area contributed by atoms with Crippen LogP contribution in [0, 0.1) is 23.2 Å². The minimum Gasteiger partial charge on any atom is -0.387 e. The van der Waals surface area contributed by atoms with Gasteiger partial charge in [-0.1, -0.05) is 0 Å². The number of nitrogens with zero attached hydrogens (tertiary/aromatic N) is 4. The summed E-state index contributed by atoms with van der Waals surface area (Å²) in [6.07, 6.45) is 1.98. The first-order chi connectivity index (χ1) is 19.4. The van der Waals surface area contributed by atoms with E-state index in [1.807, 2.05) is 6.07 Å². The van der Waals surface area contributed by atoms with Crippen LogP contribution in [0.4, 0.5) is 18.9 Å². The summed E-state index contributed by atoms with van der Waals surface area (Å²) in [7, 11) is 0. The van der Waals surface area contributed by atoms with Crippen molar-refractivity contribution in [3.63, 3.8) is 0 Å². The van der Waals surface area contributed by atoms with Crippen molar-refractivity contribution < 1.29 is 27.9 Å². The summed E-state index contributed by atoms with van der Waals surface area (Å²) in [5.74, 6) is -5.26. The third kappa shape index (κ3) is 6.12. The molecule has 0 aliphatic heterocycles. The van der Waals surface area contributed by atoms with Gasteiger partial charge in [0.15, 0.2) is 0 Å². The fourth-order valence-electron chi connectivity index (χ4n) is 4.78.